The molecule has 2 atom stereocenters. The van der Waals surface area contributed by atoms with Crippen molar-refractivity contribution in [1.29, 1.82) is 0 Å². The molecular weight excluding hydrogens is 491 g/mol. The SMILES string of the molecule is O=C(O)C(F)(F)F.[NH3+]Cc1ccc(-c2ccc(C[C@H](C(=O)O)[C@H](Cc3ccccc3)C(=O)O)cc2)cc1. The Labute approximate surface area is 211 Å². The molecule has 0 aliphatic carbocycles. The molecule has 0 heterocycles. The fourth-order valence-corrected chi connectivity index (χ4v) is 3.62. The van der Waals surface area contributed by atoms with Gasteiger partial charge in [0.1, 0.15) is 0 Å². The molecule has 0 unspecified atom stereocenters. The molecule has 3 aromatic rings. The van der Waals surface area contributed by atoms with Gasteiger partial charge in [-0.3, -0.25) is 9.59 Å². The highest BCUT2D eigenvalue weighted by Crippen LogP contribution is 2.25. The van der Waals surface area contributed by atoms with Crippen LogP contribution in [0.3, 0.4) is 0 Å². The first-order valence-electron chi connectivity index (χ1n) is 11.2. The summed E-state index contributed by atoms with van der Waals surface area (Å²) in [5, 5.41) is 26.6. The molecule has 3 aromatic carbocycles. The van der Waals surface area contributed by atoms with Crippen molar-refractivity contribution in [2.45, 2.75) is 25.6 Å². The lowest BCUT2D eigenvalue weighted by molar-refractivity contribution is -0.386. The van der Waals surface area contributed by atoms with Crippen molar-refractivity contribution in [2.24, 2.45) is 11.8 Å². The molecule has 0 aliphatic rings. The van der Waals surface area contributed by atoms with Crippen LogP contribution < -0.4 is 5.73 Å². The molecule has 0 fully saturated rings. The molecule has 0 saturated heterocycles. The predicted molar refractivity (Wildman–Crippen MR) is 128 cm³/mol. The van der Waals surface area contributed by atoms with E-state index in [9.17, 15) is 33.0 Å². The molecule has 6 N–H and O–H groups in total. The third-order valence-corrected chi connectivity index (χ3v) is 5.65. The van der Waals surface area contributed by atoms with Gasteiger partial charge < -0.3 is 21.1 Å². The maximum Gasteiger partial charge on any atom is 0.490 e. The molecule has 196 valence electrons. The number of carbonyl (C=O) groups is 3. The monoisotopic (exact) mass is 518 g/mol. The molecule has 0 spiro atoms. The summed E-state index contributed by atoms with van der Waals surface area (Å²) in [6, 6.07) is 24.9. The van der Waals surface area contributed by atoms with E-state index in [1.807, 2.05) is 78.9 Å². The number of rotatable bonds is 9. The largest absolute Gasteiger partial charge is 0.490 e. The van der Waals surface area contributed by atoms with E-state index < -0.39 is 35.9 Å². The predicted octanol–water partition coefficient (Wildman–Crippen LogP) is 3.92. The van der Waals surface area contributed by atoms with Crippen molar-refractivity contribution in [1.82, 2.24) is 0 Å². The second-order valence-electron chi connectivity index (χ2n) is 8.23. The average Bonchev–Trinajstić information content (AvgIpc) is 2.86. The van der Waals surface area contributed by atoms with Gasteiger partial charge >= 0.3 is 24.1 Å². The molecule has 0 radical (unpaired) electrons. The van der Waals surface area contributed by atoms with Gasteiger partial charge in [-0.25, -0.2) is 4.79 Å². The third-order valence-electron chi connectivity index (χ3n) is 5.65. The fraction of sp³-hybridized carbons (Fsp3) is 0.222. The van der Waals surface area contributed by atoms with Crippen molar-refractivity contribution in [3.8, 4) is 11.1 Å². The Balaban J connectivity index is 0.000000604. The van der Waals surface area contributed by atoms with Gasteiger partial charge in [0.05, 0.1) is 18.4 Å². The number of quaternary nitrogens is 1. The fourth-order valence-electron chi connectivity index (χ4n) is 3.62. The molecule has 0 saturated carbocycles. The van der Waals surface area contributed by atoms with Gasteiger partial charge in [-0.15, -0.1) is 0 Å². The van der Waals surface area contributed by atoms with Crippen LogP contribution in [0, 0.1) is 11.8 Å². The van der Waals surface area contributed by atoms with Crippen LogP contribution in [0.4, 0.5) is 13.2 Å². The molecule has 0 bridgehead atoms. The van der Waals surface area contributed by atoms with E-state index in [0.717, 1.165) is 34.4 Å². The van der Waals surface area contributed by atoms with Crippen LogP contribution in [0.1, 0.15) is 16.7 Å². The zero-order chi connectivity index (χ0) is 27.6. The lowest BCUT2D eigenvalue weighted by atomic mass is 9.82. The van der Waals surface area contributed by atoms with E-state index in [0.29, 0.717) is 0 Å². The van der Waals surface area contributed by atoms with Crippen molar-refractivity contribution in [3.05, 3.63) is 95.6 Å². The van der Waals surface area contributed by atoms with E-state index in [1.165, 1.54) is 0 Å². The Morgan fingerprint density at radius 3 is 1.32 bits per heavy atom. The topological polar surface area (TPSA) is 140 Å². The minimum Gasteiger partial charge on any atom is -0.481 e. The highest BCUT2D eigenvalue weighted by Gasteiger charge is 2.38. The van der Waals surface area contributed by atoms with Gasteiger partial charge in [-0.1, -0.05) is 78.9 Å². The van der Waals surface area contributed by atoms with Crippen LogP contribution in [0.25, 0.3) is 11.1 Å². The lowest BCUT2D eigenvalue weighted by Crippen LogP contribution is -2.47. The number of carboxylic acid groups (broad SMARTS) is 3. The highest BCUT2D eigenvalue weighted by molar-refractivity contribution is 5.80. The van der Waals surface area contributed by atoms with Gasteiger partial charge in [0.2, 0.25) is 0 Å². The standard InChI is InChI=1S/C25H25NO4.C2HF3O2/c26-16-19-8-12-21(13-9-19)20-10-6-18(7-11-20)15-23(25(29)30)22(24(27)28)14-17-4-2-1-3-5-17;3-2(4,5)1(6)7/h1-13,22-23H,14-16,26H2,(H,27,28)(H,29,30);(H,6,7)/p+1/t22-,23-;/m0./s1. The second-order valence-corrected chi connectivity index (χ2v) is 8.23. The summed E-state index contributed by atoms with van der Waals surface area (Å²) in [6.07, 6.45) is -4.73. The summed E-state index contributed by atoms with van der Waals surface area (Å²) >= 11 is 0. The van der Waals surface area contributed by atoms with Gasteiger partial charge in [-0.2, -0.15) is 13.2 Å². The minimum absolute atomic E-state index is 0.167. The van der Waals surface area contributed by atoms with Crippen LogP contribution in [0.2, 0.25) is 0 Å². The molecule has 37 heavy (non-hydrogen) atoms. The number of alkyl halides is 3. The Hall–Kier alpha value is -4.18. The molecule has 0 aliphatic heterocycles. The molecule has 0 amide bonds. The molecule has 7 nitrogen and oxygen atoms in total. The van der Waals surface area contributed by atoms with Gasteiger partial charge in [0.25, 0.3) is 0 Å². The molecular formula is C27H27F3NO6+. The normalized spacial score (nSPS) is 12.5. The summed E-state index contributed by atoms with van der Waals surface area (Å²) in [5.41, 5.74) is 8.76. The summed E-state index contributed by atoms with van der Waals surface area (Å²) in [6.45, 7) is 0.740. The molecule has 3 rings (SSSR count). The molecule has 10 heteroatoms. The number of carboxylic acids is 3. The number of benzene rings is 3. The number of hydrogen-bond acceptors (Lipinski definition) is 3. The zero-order valence-electron chi connectivity index (χ0n) is 19.7. The van der Waals surface area contributed by atoms with Crippen LogP contribution >= 0.6 is 0 Å². The summed E-state index contributed by atoms with van der Waals surface area (Å²) < 4.78 is 31.7. The van der Waals surface area contributed by atoms with Gasteiger partial charge in [0.15, 0.2) is 0 Å². The van der Waals surface area contributed by atoms with E-state index in [1.54, 1.807) is 0 Å². The average molecular weight is 519 g/mol. The lowest BCUT2D eigenvalue weighted by Gasteiger charge is -2.21. The molecule has 0 aromatic heterocycles. The van der Waals surface area contributed by atoms with Crippen LogP contribution in [0.5, 0.6) is 0 Å². The first kappa shape index (κ1) is 29.1. The van der Waals surface area contributed by atoms with Crippen molar-refractivity contribution < 1.29 is 48.6 Å². The minimum atomic E-state index is -5.08. The summed E-state index contributed by atoms with van der Waals surface area (Å²) in [5.74, 6) is -6.95. The van der Waals surface area contributed by atoms with Gasteiger partial charge in [-0.05, 0) is 35.1 Å². The summed E-state index contributed by atoms with van der Waals surface area (Å²) in [4.78, 5) is 32.7. The van der Waals surface area contributed by atoms with E-state index >= 15 is 0 Å². The second kappa shape index (κ2) is 13.2. The van der Waals surface area contributed by atoms with E-state index in [4.69, 9.17) is 9.90 Å². The maximum absolute atomic E-state index is 11.9. The van der Waals surface area contributed by atoms with Crippen LogP contribution in [-0.2, 0) is 33.8 Å². The first-order valence-corrected chi connectivity index (χ1v) is 11.2. The number of hydrogen-bond donors (Lipinski definition) is 4. The Morgan fingerprint density at radius 2 is 1.00 bits per heavy atom. The Kier molecular flexibility index (Phi) is 10.4. The quantitative estimate of drug-likeness (QED) is 0.339. The van der Waals surface area contributed by atoms with Crippen LogP contribution in [0.15, 0.2) is 78.9 Å². The smallest absolute Gasteiger partial charge is 0.481 e. The van der Waals surface area contributed by atoms with Gasteiger partial charge in [0, 0.05) is 5.56 Å². The number of halogens is 3. The Morgan fingerprint density at radius 1 is 0.649 bits per heavy atom. The Bertz CT molecular complexity index is 1180. The van der Waals surface area contributed by atoms with Crippen molar-refractivity contribution in [2.75, 3.05) is 0 Å². The van der Waals surface area contributed by atoms with Crippen LogP contribution in [-0.4, -0.2) is 39.4 Å². The summed E-state index contributed by atoms with van der Waals surface area (Å²) in [7, 11) is 0. The van der Waals surface area contributed by atoms with Crippen molar-refractivity contribution >= 4 is 17.9 Å². The highest BCUT2D eigenvalue weighted by atomic mass is 19.4. The first-order chi connectivity index (χ1) is 17.4. The van der Waals surface area contributed by atoms with E-state index in [-0.39, 0.29) is 12.8 Å². The number of aliphatic carboxylic acids is 3. The maximum atomic E-state index is 11.9. The van der Waals surface area contributed by atoms with Crippen molar-refractivity contribution in [3.63, 3.8) is 0 Å². The third kappa shape index (κ3) is 9.08. The zero-order valence-corrected chi connectivity index (χ0v) is 19.7. The van der Waals surface area contributed by atoms with E-state index in [2.05, 4.69) is 5.73 Å².